The molecule has 138 valence electrons. The summed E-state index contributed by atoms with van der Waals surface area (Å²) < 4.78 is 0. The van der Waals surface area contributed by atoms with Gasteiger partial charge >= 0.3 is 0 Å². The maximum absolute atomic E-state index is 12.3. The topological polar surface area (TPSA) is 84.2 Å². The molecule has 0 radical (unpaired) electrons. The van der Waals surface area contributed by atoms with Gasteiger partial charge in [0.2, 0.25) is 0 Å². The summed E-state index contributed by atoms with van der Waals surface area (Å²) in [5, 5.41) is 5.89. The molecule has 1 aliphatic rings. The van der Waals surface area contributed by atoms with Crippen molar-refractivity contribution < 1.29 is 9.59 Å². The molecule has 2 aromatic carbocycles. The van der Waals surface area contributed by atoms with Crippen LogP contribution in [0.4, 0.5) is 5.69 Å². The fourth-order valence-electron chi connectivity index (χ4n) is 3.03. The van der Waals surface area contributed by atoms with E-state index in [1.165, 1.54) is 0 Å². The summed E-state index contributed by atoms with van der Waals surface area (Å²) >= 11 is 0. The summed E-state index contributed by atoms with van der Waals surface area (Å²) in [6.45, 7) is 0. The first-order valence-corrected chi connectivity index (χ1v) is 8.65. The van der Waals surface area contributed by atoms with Gasteiger partial charge < -0.3 is 16.4 Å². The number of carbonyl (C=O) groups excluding carboxylic acids is 2. The van der Waals surface area contributed by atoms with Gasteiger partial charge in [0.1, 0.15) is 0 Å². The third kappa shape index (κ3) is 5.31. The first-order valence-electron chi connectivity index (χ1n) is 8.65. The number of halogens is 1. The van der Waals surface area contributed by atoms with Crippen LogP contribution in [-0.4, -0.2) is 23.9 Å². The third-order valence-corrected chi connectivity index (χ3v) is 4.55. The van der Waals surface area contributed by atoms with Crippen molar-refractivity contribution in [3.8, 4) is 0 Å². The van der Waals surface area contributed by atoms with Gasteiger partial charge in [-0.15, -0.1) is 12.4 Å². The molecule has 0 unspecified atom stereocenters. The van der Waals surface area contributed by atoms with E-state index in [1.807, 2.05) is 18.2 Å². The van der Waals surface area contributed by atoms with Crippen molar-refractivity contribution in [2.24, 2.45) is 5.73 Å². The lowest BCUT2D eigenvalue weighted by Crippen LogP contribution is -2.40. The Morgan fingerprint density at radius 2 is 1.38 bits per heavy atom. The lowest BCUT2D eigenvalue weighted by atomic mass is 9.91. The van der Waals surface area contributed by atoms with Crippen molar-refractivity contribution in [3.05, 3.63) is 65.7 Å². The highest BCUT2D eigenvalue weighted by molar-refractivity contribution is 6.04. The first kappa shape index (κ1) is 19.9. The number of amides is 2. The molecule has 0 aromatic heterocycles. The van der Waals surface area contributed by atoms with Crippen LogP contribution in [0.15, 0.2) is 54.6 Å². The van der Waals surface area contributed by atoms with E-state index >= 15 is 0 Å². The number of anilines is 1. The van der Waals surface area contributed by atoms with E-state index in [0.29, 0.717) is 16.8 Å². The molecule has 0 heterocycles. The van der Waals surface area contributed by atoms with Crippen molar-refractivity contribution in [1.29, 1.82) is 0 Å². The maximum atomic E-state index is 12.3. The van der Waals surface area contributed by atoms with Crippen LogP contribution in [0.25, 0.3) is 0 Å². The lowest BCUT2D eigenvalue weighted by molar-refractivity contribution is 0.0925. The largest absolute Gasteiger partial charge is 0.349 e. The molecule has 2 amide bonds. The first-order chi connectivity index (χ1) is 12.1. The Kier molecular flexibility index (Phi) is 7.18. The minimum atomic E-state index is -0.170. The molecule has 1 fully saturated rings. The quantitative estimate of drug-likeness (QED) is 0.768. The smallest absolute Gasteiger partial charge is 0.255 e. The molecular formula is C20H24ClN3O2. The van der Waals surface area contributed by atoms with Crippen molar-refractivity contribution in [3.63, 3.8) is 0 Å². The zero-order chi connectivity index (χ0) is 17.6. The average molecular weight is 374 g/mol. The van der Waals surface area contributed by atoms with Gasteiger partial charge in [-0.2, -0.15) is 0 Å². The van der Waals surface area contributed by atoms with Gasteiger partial charge in [0.25, 0.3) is 11.8 Å². The predicted octanol–water partition coefficient (Wildman–Crippen LogP) is 3.36. The minimum Gasteiger partial charge on any atom is -0.349 e. The number of carbonyl (C=O) groups is 2. The van der Waals surface area contributed by atoms with E-state index < -0.39 is 0 Å². The van der Waals surface area contributed by atoms with Crippen LogP contribution in [0, 0.1) is 0 Å². The fraction of sp³-hybridized carbons (Fsp3) is 0.300. The summed E-state index contributed by atoms with van der Waals surface area (Å²) in [4.78, 5) is 24.4. The van der Waals surface area contributed by atoms with Gasteiger partial charge in [-0.25, -0.2) is 0 Å². The van der Waals surface area contributed by atoms with E-state index in [-0.39, 0.29) is 36.3 Å². The Bertz CT molecular complexity index is 726. The molecule has 0 atom stereocenters. The van der Waals surface area contributed by atoms with Crippen LogP contribution in [0.2, 0.25) is 0 Å². The summed E-state index contributed by atoms with van der Waals surface area (Å²) in [6.07, 6.45) is 3.76. The number of nitrogens with one attached hydrogen (secondary N) is 2. The molecular weight excluding hydrogens is 350 g/mol. The standard InChI is InChI=1S/C20H23N3O2.ClH/c21-16-8-12-18(13-9-16)23-20(25)15-6-10-17(11-7-15)22-19(24)14-4-2-1-3-5-14;/h1-7,10-11,16,18H,8-9,12-13,21H2,(H,22,24)(H,23,25);1H. The molecule has 4 N–H and O–H groups in total. The Morgan fingerprint density at radius 1 is 0.808 bits per heavy atom. The molecule has 0 spiro atoms. The second-order valence-corrected chi connectivity index (χ2v) is 6.48. The van der Waals surface area contributed by atoms with Crippen LogP contribution in [0.5, 0.6) is 0 Å². The Labute approximate surface area is 159 Å². The number of hydrogen-bond acceptors (Lipinski definition) is 3. The molecule has 6 heteroatoms. The highest BCUT2D eigenvalue weighted by Gasteiger charge is 2.20. The molecule has 5 nitrogen and oxygen atoms in total. The number of hydrogen-bond donors (Lipinski definition) is 3. The van der Waals surface area contributed by atoms with Crippen LogP contribution in [0.1, 0.15) is 46.4 Å². The van der Waals surface area contributed by atoms with Crippen molar-refractivity contribution in [2.45, 2.75) is 37.8 Å². The van der Waals surface area contributed by atoms with Crippen LogP contribution in [-0.2, 0) is 0 Å². The fourth-order valence-corrected chi connectivity index (χ4v) is 3.03. The summed E-state index contributed by atoms with van der Waals surface area (Å²) in [7, 11) is 0. The van der Waals surface area contributed by atoms with Gasteiger partial charge in [0.05, 0.1) is 0 Å². The Morgan fingerprint density at radius 3 is 2.00 bits per heavy atom. The van der Waals surface area contributed by atoms with Gasteiger partial charge in [-0.3, -0.25) is 9.59 Å². The SMILES string of the molecule is Cl.NC1CCC(NC(=O)c2ccc(NC(=O)c3ccccc3)cc2)CC1. The van der Waals surface area contributed by atoms with E-state index in [4.69, 9.17) is 5.73 Å². The van der Waals surface area contributed by atoms with Crippen molar-refractivity contribution in [1.82, 2.24) is 5.32 Å². The monoisotopic (exact) mass is 373 g/mol. The van der Waals surface area contributed by atoms with Crippen molar-refractivity contribution >= 4 is 29.9 Å². The molecule has 0 bridgehead atoms. The van der Waals surface area contributed by atoms with Gasteiger partial charge in [-0.1, -0.05) is 18.2 Å². The van der Waals surface area contributed by atoms with Gasteiger partial charge in [0, 0.05) is 28.9 Å². The Balaban J connectivity index is 0.00000243. The van der Waals surface area contributed by atoms with Crippen molar-refractivity contribution in [2.75, 3.05) is 5.32 Å². The molecule has 2 aromatic rings. The predicted molar refractivity (Wildman–Crippen MR) is 106 cm³/mol. The number of rotatable bonds is 4. The van der Waals surface area contributed by atoms with E-state index in [9.17, 15) is 9.59 Å². The zero-order valence-electron chi connectivity index (χ0n) is 14.5. The number of benzene rings is 2. The molecule has 3 rings (SSSR count). The normalized spacial score (nSPS) is 19.1. The van der Waals surface area contributed by atoms with Crippen LogP contribution >= 0.6 is 12.4 Å². The molecule has 1 aliphatic carbocycles. The maximum Gasteiger partial charge on any atom is 0.255 e. The summed E-state index contributed by atoms with van der Waals surface area (Å²) in [5.41, 5.74) is 7.74. The molecule has 26 heavy (non-hydrogen) atoms. The van der Waals surface area contributed by atoms with Gasteiger partial charge in [-0.05, 0) is 62.1 Å². The Hall–Kier alpha value is -2.37. The highest BCUT2D eigenvalue weighted by Crippen LogP contribution is 2.18. The van der Waals surface area contributed by atoms with Crippen LogP contribution < -0.4 is 16.4 Å². The zero-order valence-corrected chi connectivity index (χ0v) is 15.3. The van der Waals surface area contributed by atoms with E-state index in [2.05, 4.69) is 10.6 Å². The lowest BCUT2D eigenvalue weighted by Gasteiger charge is -2.26. The molecule has 0 saturated heterocycles. The molecule has 1 saturated carbocycles. The highest BCUT2D eigenvalue weighted by atomic mass is 35.5. The van der Waals surface area contributed by atoms with E-state index in [1.54, 1.807) is 36.4 Å². The summed E-state index contributed by atoms with van der Waals surface area (Å²) in [5.74, 6) is -0.252. The minimum absolute atomic E-state index is 0. The van der Waals surface area contributed by atoms with Gasteiger partial charge in [0.15, 0.2) is 0 Å². The van der Waals surface area contributed by atoms with Crippen LogP contribution in [0.3, 0.4) is 0 Å². The summed E-state index contributed by atoms with van der Waals surface area (Å²) in [6, 6.07) is 16.4. The number of nitrogens with two attached hydrogens (primary N) is 1. The van der Waals surface area contributed by atoms with E-state index in [0.717, 1.165) is 25.7 Å². The second-order valence-electron chi connectivity index (χ2n) is 6.48. The average Bonchev–Trinajstić information content (AvgIpc) is 2.65. The third-order valence-electron chi connectivity index (χ3n) is 4.55. The second kappa shape index (κ2) is 9.36. The molecule has 0 aliphatic heterocycles.